The summed E-state index contributed by atoms with van der Waals surface area (Å²) in [6.07, 6.45) is 4.79. The smallest absolute Gasteiger partial charge is 0.265 e. The molecule has 0 aliphatic heterocycles. The van der Waals surface area contributed by atoms with Crippen LogP contribution in [0.1, 0.15) is 5.69 Å². The fourth-order valence-electron chi connectivity index (χ4n) is 1.57. The van der Waals surface area contributed by atoms with Crippen LogP contribution in [0.5, 0.6) is 0 Å². The quantitative estimate of drug-likeness (QED) is 0.774. The van der Waals surface area contributed by atoms with Gasteiger partial charge in [-0.05, 0) is 19.1 Å². The van der Waals surface area contributed by atoms with Crippen LogP contribution in [0.25, 0.3) is 11.1 Å². The van der Waals surface area contributed by atoms with Gasteiger partial charge in [-0.3, -0.25) is 9.54 Å². The molecule has 2 heterocycles. The monoisotopic (exact) mass is 237 g/mol. The first kappa shape index (κ1) is 10.8. The molecule has 3 N–H and O–H groups in total. The summed E-state index contributed by atoms with van der Waals surface area (Å²) in [6.45, 7) is 1.77. The summed E-state index contributed by atoms with van der Waals surface area (Å²) in [5.74, 6) is 0. The zero-order chi connectivity index (χ0) is 11.7. The van der Waals surface area contributed by atoms with E-state index in [4.69, 9.17) is 10.3 Å². The summed E-state index contributed by atoms with van der Waals surface area (Å²) in [5, 5.41) is 0. The molecule has 0 bridgehead atoms. The van der Waals surface area contributed by atoms with Crippen LogP contribution in [0.15, 0.2) is 30.7 Å². The van der Waals surface area contributed by atoms with Crippen molar-refractivity contribution >= 4 is 17.0 Å². The van der Waals surface area contributed by atoms with E-state index in [-0.39, 0.29) is 0 Å². The number of pyridine rings is 1. The van der Waals surface area contributed by atoms with Crippen LogP contribution >= 0.6 is 0 Å². The zero-order valence-electron chi connectivity index (χ0n) is 8.62. The predicted octanol–water partition coefficient (Wildman–Crippen LogP) is 1.43. The Morgan fingerprint density at radius 3 is 2.81 bits per heavy atom. The third kappa shape index (κ3) is 1.84. The molecule has 2 rings (SSSR count). The molecule has 5 nitrogen and oxygen atoms in total. The average Bonchev–Trinajstić information content (AvgIpc) is 2.60. The van der Waals surface area contributed by atoms with Crippen molar-refractivity contribution in [2.45, 2.75) is 6.92 Å². The first-order valence-corrected chi connectivity index (χ1v) is 5.66. The lowest BCUT2D eigenvalue weighted by molar-refractivity contribution is 0.554. The summed E-state index contributed by atoms with van der Waals surface area (Å²) >= 11 is -2.03. The number of anilines is 1. The maximum Gasteiger partial charge on any atom is 0.265 e. The van der Waals surface area contributed by atoms with Gasteiger partial charge < -0.3 is 5.73 Å². The predicted molar refractivity (Wildman–Crippen MR) is 63.0 cm³/mol. The van der Waals surface area contributed by atoms with E-state index >= 15 is 0 Å². The van der Waals surface area contributed by atoms with E-state index in [1.165, 1.54) is 3.97 Å². The largest absolute Gasteiger partial charge is 0.397 e. The summed E-state index contributed by atoms with van der Waals surface area (Å²) in [4.78, 5) is 3.98. The highest BCUT2D eigenvalue weighted by Gasteiger charge is 2.10. The molecule has 2 aromatic heterocycles. The summed E-state index contributed by atoms with van der Waals surface area (Å²) < 4.78 is 21.3. The Labute approximate surface area is 95.3 Å². The fraction of sp³-hybridized carbons (Fsp3) is 0.100. The molecule has 0 aromatic carbocycles. The summed E-state index contributed by atoms with van der Waals surface area (Å²) in [7, 11) is 0. The lowest BCUT2D eigenvalue weighted by Gasteiger charge is -2.03. The van der Waals surface area contributed by atoms with E-state index in [1.807, 2.05) is 0 Å². The van der Waals surface area contributed by atoms with Crippen molar-refractivity contribution in [3.05, 3.63) is 36.4 Å². The standard InChI is InChI=1S/C10H11N3O2S/c1-7-10(2-3-13(7)16(14)15)8-4-9(11)6-12-5-8/h2-6H,11H2,1H3,(H,14,15). The molecular formula is C10H11N3O2S. The lowest BCUT2D eigenvalue weighted by atomic mass is 10.1. The molecule has 84 valence electrons. The number of hydrogen-bond donors (Lipinski definition) is 2. The SMILES string of the molecule is Cc1c(-c2cncc(N)c2)ccn1S(=O)O. The highest BCUT2D eigenvalue weighted by atomic mass is 32.2. The third-order valence-corrected chi connectivity index (χ3v) is 3.07. The average molecular weight is 237 g/mol. The van der Waals surface area contributed by atoms with Crippen molar-refractivity contribution in [3.63, 3.8) is 0 Å². The van der Waals surface area contributed by atoms with Gasteiger partial charge in [-0.15, -0.1) is 0 Å². The Bertz CT molecular complexity index is 551. The molecule has 1 atom stereocenters. The minimum absolute atomic E-state index is 0.565. The number of nitrogen functional groups attached to an aromatic ring is 1. The van der Waals surface area contributed by atoms with Crippen LogP contribution in [0.3, 0.4) is 0 Å². The van der Waals surface area contributed by atoms with Gasteiger partial charge in [0.1, 0.15) is 0 Å². The molecule has 0 fully saturated rings. The molecule has 0 aliphatic rings. The highest BCUT2D eigenvalue weighted by molar-refractivity contribution is 7.77. The Kier molecular flexibility index (Phi) is 2.76. The number of nitrogens with two attached hydrogens (primary N) is 1. The third-order valence-electron chi connectivity index (χ3n) is 2.34. The second-order valence-corrected chi connectivity index (χ2v) is 4.23. The zero-order valence-corrected chi connectivity index (χ0v) is 9.44. The van der Waals surface area contributed by atoms with Gasteiger partial charge in [0.25, 0.3) is 11.3 Å². The first-order chi connectivity index (χ1) is 7.59. The van der Waals surface area contributed by atoms with Crippen molar-refractivity contribution in [2.24, 2.45) is 0 Å². The lowest BCUT2D eigenvalue weighted by Crippen LogP contribution is -2.02. The van der Waals surface area contributed by atoms with Gasteiger partial charge in [0.15, 0.2) is 0 Å². The number of aromatic nitrogens is 2. The normalized spacial score (nSPS) is 12.6. The van der Waals surface area contributed by atoms with Gasteiger partial charge in [-0.1, -0.05) is 0 Å². The second-order valence-electron chi connectivity index (χ2n) is 3.38. The van der Waals surface area contributed by atoms with E-state index in [0.29, 0.717) is 11.4 Å². The van der Waals surface area contributed by atoms with Crippen molar-refractivity contribution in [1.82, 2.24) is 8.96 Å². The molecule has 0 aliphatic carbocycles. The maximum atomic E-state index is 11.0. The molecule has 0 saturated heterocycles. The van der Waals surface area contributed by atoms with Gasteiger partial charge in [0, 0.05) is 35.4 Å². The Hall–Kier alpha value is -1.66. The van der Waals surface area contributed by atoms with Gasteiger partial charge in [-0.2, -0.15) is 0 Å². The van der Waals surface area contributed by atoms with Crippen molar-refractivity contribution < 1.29 is 8.76 Å². The Balaban J connectivity index is 2.53. The van der Waals surface area contributed by atoms with Gasteiger partial charge >= 0.3 is 0 Å². The van der Waals surface area contributed by atoms with Crippen molar-refractivity contribution in [2.75, 3.05) is 5.73 Å². The van der Waals surface area contributed by atoms with E-state index in [0.717, 1.165) is 11.1 Å². The van der Waals surface area contributed by atoms with Crippen LogP contribution in [0, 0.1) is 6.92 Å². The molecular weight excluding hydrogens is 226 g/mol. The van der Waals surface area contributed by atoms with E-state index < -0.39 is 11.3 Å². The first-order valence-electron chi connectivity index (χ1n) is 4.60. The molecule has 0 radical (unpaired) electrons. The molecule has 0 amide bonds. The number of hydrogen-bond acceptors (Lipinski definition) is 3. The second kappa shape index (κ2) is 4.07. The molecule has 16 heavy (non-hydrogen) atoms. The summed E-state index contributed by atoms with van der Waals surface area (Å²) in [6, 6.07) is 3.54. The van der Waals surface area contributed by atoms with Gasteiger partial charge in [0.2, 0.25) is 0 Å². The highest BCUT2D eigenvalue weighted by Crippen LogP contribution is 2.25. The van der Waals surface area contributed by atoms with E-state index in [9.17, 15) is 4.21 Å². The van der Waals surface area contributed by atoms with Crippen LogP contribution < -0.4 is 5.73 Å². The van der Waals surface area contributed by atoms with Crippen LogP contribution in [0.4, 0.5) is 5.69 Å². The maximum absolute atomic E-state index is 11.0. The Morgan fingerprint density at radius 2 is 2.25 bits per heavy atom. The molecule has 0 saturated carbocycles. The van der Waals surface area contributed by atoms with E-state index in [2.05, 4.69) is 4.98 Å². The number of rotatable bonds is 2. The molecule has 6 heteroatoms. The van der Waals surface area contributed by atoms with Crippen LogP contribution in [0.2, 0.25) is 0 Å². The van der Waals surface area contributed by atoms with Gasteiger partial charge in [0.05, 0.1) is 5.69 Å². The van der Waals surface area contributed by atoms with Crippen LogP contribution in [-0.2, 0) is 11.3 Å². The molecule has 1 unspecified atom stereocenters. The van der Waals surface area contributed by atoms with Gasteiger partial charge in [-0.25, -0.2) is 8.18 Å². The Morgan fingerprint density at radius 1 is 1.50 bits per heavy atom. The minimum Gasteiger partial charge on any atom is -0.397 e. The fourth-order valence-corrected chi connectivity index (χ4v) is 2.07. The number of nitrogens with zero attached hydrogens (tertiary/aromatic N) is 2. The topological polar surface area (TPSA) is 81.1 Å². The molecule has 0 spiro atoms. The summed E-state index contributed by atoms with van der Waals surface area (Å²) in [5.41, 5.74) is 8.58. The molecule has 2 aromatic rings. The minimum atomic E-state index is -2.03. The van der Waals surface area contributed by atoms with Crippen LogP contribution in [-0.4, -0.2) is 17.7 Å². The van der Waals surface area contributed by atoms with Crippen molar-refractivity contribution in [1.29, 1.82) is 0 Å². The van der Waals surface area contributed by atoms with E-state index in [1.54, 1.807) is 37.6 Å². The van der Waals surface area contributed by atoms with Crippen molar-refractivity contribution in [3.8, 4) is 11.1 Å².